The van der Waals surface area contributed by atoms with Crippen molar-refractivity contribution in [3.8, 4) is 0 Å². The van der Waals surface area contributed by atoms with Gasteiger partial charge >= 0.3 is 0 Å². The van der Waals surface area contributed by atoms with Gasteiger partial charge in [0, 0.05) is 9.75 Å². The summed E-state index contributed by atoms with van der Waals surface area (Å²) in [5.74, 6) is 0. The SMILES string of the molecule is CCCCCC[Si]1(CCCCCC)C(c2ccc(Br)s2)=C(c2ccccc2)C(c2ccccc2)=C1c1ccc(Br)s1. The minimum atomic E-state index is -2.20. The average molecular weight is 725 g/mol. The Morgan fingerprint density at radius 2 is 0.927 bits per heavy atom. The molecule has 5 heteroatoms. The highest BCUT2D eigenvalue weighted by atomic mass is 79.9. The van der Waals surface area contributed by atoms with E-state index in [0.717, 1.165) is 0 Å². The Balaban J connectivity index is 1.87. The first kappa shape index (κ1) is 30.9. The average Bonchev–Trinajstić information content (AvgIpc) is 3.70. The molecule has 0 N–H and O–H groups in total. The van der Waals surface area contributed by atoms with Crippen LogP contribution in [0.15, 0.2) is 92.5 Å². The quantitative estimate of drug-likeness (QED) is 0.0897. The lowest BCUT2D eigenvalue weighted by Crippen LogP contribution is -2.36. The molecule has 41 heavy (non-hydrogen) atoms. The van der Waals surface area contributed by atoms with Gasteiger partial charge in [0.25, 0.3) is 0 Å². The molecule has 0 nitrogen and oxygen atoms in total. The van der Waals surface area contributed by atoms with E-state index in [4.69, 9.17) is 0 Å². The molecule has 0 radical (unpaired) electrons. The van der Waals surface area contributed by atoms with Crippen LogP contribution in [0.1, 0.15) is 86.1 Å². The summed E-state index contributed by atoms with van der Waals surface area (Å²) >= 11 is 11.6. The summed E-state index contributed by atoms with van der Waals surface area (Å²) in [6.45, 7) is 4.66. The summed E-state index contributed by atoms with van der Waals surface area (Å²) < 4.78 is 2.45. The fraction of sp³-hybridized carbons (Fsp3) is 0.333. The van der Waals surface area contributed by atoms with E-state index in [0.29, 0.717) is 0 Å². The van der Waals surface area contributed by atoms with Crippen molar-refractivity contribution in [1.82, 2.24) is 0 Å². The van der Waals surface area contributed by atoms with E-state index < -0.39 is 8.07 Å². The molecular formula is C36H40Br2S2Si. The molecule has 5 rings (SSSR count). The summed E-state index contributed by atoms with van der Waals surface area (Å²) in [7, 11) is -2.20. The second kappa shape index (κ2) is 14.8. The Bertz CT molecular complexity index is 1370. The van der Waals surface area contributed by atoms with Crippen LogP contribution in [-0.4, -0.2) is 8.07 Å². The van der Waals surface area contributed by atoms with Gasteiger partial charge in [0.05, 0.1) is 7.57 Å². The largest absolute Gasteiger partial charge is 0.129 e. The minimum Gasteiger partial charge on any atom is -0.129 e. The van der Waals surface area contributed by atoms with Crippen LogP contribution in [0.25, 0.3) is 21.5 Å². The van der Waals surface area contributed by atoms with Crippen LogP contribution in [0.3, 0.4) is 0 Å². The van der Waals surface area contributed by atoms with Crippen LogP contribution in [-0.2, 0) is 0 Å². The Morgan fingerprint density at radius 1 is 0.512 bits per heavy atom. The van der Waals surface area contributed by atoms with E-state index in [2.05, 4.69) is 131 Å². The van der Waals surface area contributed by atoms with Crippen molar-refractivity contribution in [2.75, 3.05) is 0 Å². The Hall–Kier alpha value is -1.50. The van der Waals surface area contributed by atoms with E-state index >= 15 is 0 Å². The molecule has 2 aromatic carbocycles. The van der Waals surface area contributed by atoms with Crippen molar-refractivity contribution in [2.24, 2.45) is 0 Å². The molecule has 0 spiro atoms. The van der Waals surface area contributed by atoms with Crippen molar-refractivity contribution in [3.63, 3.8) is 0 Å². The minimum absolute atomic E-state index is 1.22. The third-order valence-corrected chi connectivity index (χ3v) is 17.4. The molecule has 1 aliphatic heterocycles. The van der Waals surface area contributed by atoms with Crippen LogP contribution < -0.4 is 0 Å². The van der Waals surface area contributed by atoms with Crippen molar-refractivity contribution in [2.45, 2.75) is 77.3 Å². The number of benzene rings is 2. The highest BCUT2D eigenvalue weighted by molar-refractivity contribution is 9.11. The molecule has 1 aliphatic rings. The highest BCUT2D eigenvalue weighted by Crippen LogP contribution is 2.61. The maximum atomic E-state index is 3.86. The maximum Gasteiger partial charge on any atom is 0.123 e. The summed E-state index contributed by atoms with van der Waals surface area (Å²) in [5, 5.41) is 3.37. The molecule has 0 aliphatic carbocycles. The zero-order chi connectivity index (χ0) is 28.7. The van der Waals surface area contributed by atoms with Gasteiger partial charge in [-0.1, -0.05) is 126 Å². The lowest BCUT2D eigenvalue weighted by molar-refractivity contribution is 0.685. The fourth-order valence-electron chi connectivity index (χ4n) is 6.59. The zero-order valence-electron chi connectivity index (χ0n) is 24.2. The van der Waals surface area contributed by atoms with E-state index in [9.17, 15) is 0 Å². The molecule has 0 atom stereocenters. The molecule has 0 bridgehead atoms. The lowest BCUT2D eigenvalue weighted by atomic mass is 9.91. The number of hydrogen-bond donors (Lipinski definition) is 0. The van der Waals surface area contributed by atoms with Crippen molar-refractivity contribution < 1.29 is 0 Å². The predicted octanol–water partition coefficient (Wildman–Crippen LogP) is 13.6. The summed E-state index contributed by atoms with van der Waals surface area (Å²) in [6, 6.07) is 34.6. The second-order valence-corrected chi connectivity index (χ2v) is 20.2. The van der Waals surface area contributed by atoms with E-state index in [1.54, 1.807) is 10.4 Å². The molecule has 0 unspecified atom stereocenters. The number of thiophene rings is 2. The van der Waals surface area contributed by atoms with Gasteiger partial charge in [-0.25, -0.2) is 0 Å². The summed E-state index contributed by atoms with van der Waals surface area (Å²) in [6.07, 6.45) is 10.5. The van der Waals surface area contributed by atoms with Gasteiger partial charge in [-0.15, -0.1) is 22.7 Å². The maximum absolute atomic E-state index is 3.86. The molecule has 214 valence electrons. The van der Waals surface area contributed by atoms with E-state index in [-0.39, 0.29) is 0 Å². The third-order valence-electron chi connectivity index (χ3n) is 8.39. The van der Waals surface area contributed by atoms with Crippen LogP contribution in [0.4, 0.5) is 0 Å². The fourth-order valence-corrected chi connectivity index (χ4v) is 16.6. The van der Waals surface area contributed by atoms with Gasteiger partial charge in [0.1, 0.15) is 8.07 Å². The van der Waals surface area contributed by atoms with Crippen molar-refractivity contribution in [1.29, 1.82) is 0 Å². The van der Waals surface area contributed by atoms with Crippen LogP contribution >= 0.6 is 54.5 Å². The standard InChI is InChI=1S/C36H40Br2S2Si/c1-3-5-7-15-25-41(26-16-8-6-4-2)35(29-21-23-31(37)39-29)33(27-17-11-9-12-18-27)34(28-19-13-10-14-20-28)36(41)30-22-24-32(38)40-30/h9-14,17-24H,3-8,15-16,25-26H2,1-2H3. The first-order chi connectivity index (χ1) is 20.1. The Labute approximate surface area is 272 Å². The van der Waals surface area contributed by atoms with E-state index in [1.807, 2.05) is 22.7 Å². The van der Waals surface area contributed by atoms with Crippen LogP contribution in [0, 0.1) is 0 Å². The normalized spacial score (nSPS) is 14.8. The topological polar surface area (TPSA) is 0 Å². The molecule has 2 aromatic heterocycles. The number of unbranched alkanes of at least 4 members (excludes halogenated alkanes) is 6. The van der Waals surface area contributed by atoms with Gasteiger partial charge in [0.15, 0.2) is 0 Å². The molecule has 0 amide bonds. The molecule has 0 saturated heterocycles. The Morgan fingerprint density at radius 3 is 1.27 bits per heavy atom. The predicted molar refractivity (Wildman–Crippen MR) is 194 cm³/mol. The lowest BCUT2D eigenvalue weighted by Gasteiger charge is -2.34. The summed E-state index contributed by atoms with van der Waals surface area (Å²) in [4.78, 5) is 2.93. The van der Waals surface area contributed by atoms with Crippen LogP contribution in [0.5, 0.6) is 0 Å². The molecule has 0 saturated carbocycles. The van der Waals surface area contributed by atoms with Crippen molar-refractivity contribution >= 4 is 84.1 Å². The third kappa shape index (κ3) is 6.85. The van der Waals surface area contributed by atoms with Gasteiger partial charge in [-0.05, 0) is 101 Å². The first-order valence-corrected chi connectivity index (χ1v) is 20.8. The zero-order valence-corrected chi connectivity index (χ0v) is 30.0. The number of hydrogen-bond acceptors (Lipinski definition) is 2. The molecule has 0 fully saturated rings. The number of rotatable bonds is 14. The van der Waals surface area contributed by atoms with Gasteiger partial charge in [-0.2, -0.15) is 0 Å². The number of allylic oxidation sites excluding steroid dienone is 2. The first-order valence-electron chi connectivity index (χ1n) is 15.2. The smallest absolute Gasteiger partial charge is 0.123 e. The van der Waals surface area contributed by atoms with Crippen molar-refractivity contribution in [3.05, 3.63) is 113 Å². The second-order valence-electron chi connectivity index (χ2n) is 11.1. The van der Waals surface area contributed by atoms with Gasteiger partial charge < -0.3 is 0 Å². The molecular weight excluding hydrogens is 684 g/mol. The summed E-state index contributed by atoms with van der Waals surface area (Å²) in [5.41, 5.74) is 5.69. The monoisotopic (exact) mass is 722 g/mol. The van der Waals surface area contributed by atoms with E-state index in [1.165, 1.54) is 103 Å². The van der Waals surface area contributed by atoms with Crippen LogP contribution in [0.2, 0.25) is 12.1 Å². The molecule has 3 heterocycles. The molecule has 4 aromatic rings. The highest BCUT2D eigenvalue weighted by Gasteiger charge is 2.50. The van der Waals surface area contributed by atoms with Gasteiger partial charge in [0.2, 0.25) is 0 Å². The number of halogens is 2. The Kier molecular flexibility index (Phi) is 11.2. The van der Waals surface area contributed by atoms with Gasteiger partial charge in [-0.3, -0.25) is 0 Å².